The fourth-order valence-corrected chi connectivity index (χ4v) is 2.00. The number of carbonyl (C=O) groups is 2. The Bertz CT molecular complexity index is 370. The van der Waals surface area contributed by atoms with Crippen LogP contribution in [0.25, 0.3) is 0 Å². The van der Waals surface area contributed by atoms with Crippen molar-refractivity contribution in [3.8, 4) is 0 Å². The van der Waals surface area contributed by atoms with Crippen LogP contribution in [0.4, 0.5) is 0 Å². The first kappa shape index (κ1) is 12.1. The third-order valence-corrected chi connectivity index (χ3v) is 3.70. The van der Waals surface area contributed by atoms with Crippen LogP contribution in [-0.2, 0) is 19.1 Å². The monoisotopic (exact) mass is 238 g/mol. The van der Waals surface area contributed by atoms with Crippen molar-refractivity contribution in [3.05, 3.63) is 12.2 Å². The van der Waals surface area contributed by atoms with Gasteiger partial charge in [-0.1, -0.05) is 13.0 Å². The number of carbonyl (C=O) groups excluding carboxylic acids is 2. The Morgan fingerprint density at radius 2 is 2.29 bits per heavy atom. The molecule has 0 bridgehead atoms. The molecule has 0 aromatic heterocycles. The molecule has 1 fully saturated rings. The van der Waals surface area contributed by atoms with E-state index >= 15 is 0 Å². The fraction of sp³-hybridized carbons (Fsp3) is 0.692. The second-order valence-corrected chi connectivity index (χ2v) is 5.29. The van der Waals surface area contributed by atoms with Crippen LogP contribution in [0.15, 0.2) is 12.2 Å². The molecule has 1 aliphatic carbocycles. The second-order valence-electron chi connectivity index (χ2n) is 5.29. The van der Waals surface area contributed by atoms with Crippen molar-refractivity contribution in [3.63, 3.8) is 0 Å². The Kier molecular flexibility index (Phi) is 2.98. The lowest BCUT2D eigenvalue weighted by Gasteiger charge is -2.23. The smallest absolute Gasteiger partial charge is 0.348 e. The van der Waals surface area contributed by atoms with Gasteiger partial charge in [-0.2, -0.15) is 0 Å². The van der Waals surface area contributed by atoms with Crippen LogP contribution in [0.2, 0.25) is 0 Å². The van der Waals surface area contributed by atoms with E-state index < -0.39 is 17.5 Å². The first-order valence-corrected chi connectivity index (χ1v) is 6.04. The molecule has 2 rings (SSSR count). The van der Waals surface area contributed by atoms with Crippen molar-refractivity contribution in [2.75, 3.05) is 0 Å². The normalized spacial score (nSPS) is 31.2. The van der Waals surface area contributed by atoms with E-state index in [0.29, 0.717) is 6.42 Å². The molecular formula is C13H18O4. The lowest BCUT2D eigenvalue weighted by Crippen LogP contribution is -2.35. The molecule has 0 N–H and O–H groups in total. The van der Waals surface area contributed by atoms with E-state index in [1.807, 2.05) is 32.9 Å². The summed E-state index contributed by atoms with van der Waals surface area (Å²) in [5.41, 5.74) is -0.551. The molecule has 0 spiro atoms. The molecule has 0 aromatic rings. The Hall–Kier alpha value is -1.32. The van der Waals surface area contributed by atoms with Crippen LogP contribution in [0, 0.1) is 11.3 Å². The summed E-state index contributed by atoms with van der Waals surface area (Å²) in [6, 6.07) is 0. The summed E-state index contributed by atoms with van der Waals surface area (Å²) in [6.45, 7) is 5.56. The molecule has 1 saturated heterocycles. The third kappa shape index (κ3) is 2.08. The predicted octanol–water partition coefficient (Wildman–Crippen LogP) is 1.84. The Labute approximate surface area is 101 Å². The van der Waals surface area contributed by atoms with Gasteiger partial charge in [0.25, 0.3) is 0 Å². The Balaban J connectivity index is 2.04. The van der Waals surface area contributed by atoms with E-state index in [-0.39, 0.29) is 18.0 Å². The fourth-order valence-electron chi connectivity index (χ4n) is 2.00. The zero-order chi connectivity index (χ0) is 12.6. The van der Waals surface area contributed by atoms with E-state index in [2.05, 4.69) is 0 Å². The lowest BCUT2D eigenvalue weighted by molar-refractivity contribution is -0.168. The van der Waals surface area contributed by atoms with Crippen LogP contribution in [0.1, 0.15) is 33.6 Å². The lowest BCUT2D eigenvalue weighted by atomic mass is 9.90. The van der Waals surface area contributed by atoms with Crippen LogP contribution in [-0.4, -0.2) is 24.1 Å². The molecule has 1 heterocycles. The minimum atomic E-state index is -0.728. The Morgan fingerprint density at radius 1 is 1.59 bits per heavy atom. The topological polar surface area (TPSA) is 52.6 Å². The average Bonchev–Trinajstić information content (AvgIpc) is 2.82. The minimum absolute atomic E-state index is 0.0286. The maximum Gasteiger partial charge on any atom is 0.348 e. The number of hydrogen-bond acceptors (Lipinski definition) is 4. The molecule has 1 aliphatic heterocycles. The standard InChI is InChI=1S/C13H18O4/c1-4-13(2,3)12(15)17-10-8-6-5-7-9(8)16-11(10)14/h5,7-10H,4,6H2,1-3H3/t8-,9?,10-/m0/s1. The van der Waals surface area contributed by atoms with Crippen molar-refractivity contribution in [2.45, 2.75) is 45.8 Å². The SMILES string of the molecule is CCC(C)(C)C(=O)O[C@@H]1C(=O)OC2C=CC[C@@H]21. The van der Waals surface area contributed by atoms with E-state index in [0.717, 1.165) is 6.42 Å². The van der Waals surface area contributed by atoms with Crippen LogP contribution < -0.4 is 0 Å². The summed E-state index contributed by atoms with van der Waals surface area (Å²) < 4.78 is 10.5. The van der Waals surface area contributed by atoms with Gasteiger partial charge in [0.1, 0.15) is 6.10 Å². The van der Waals surface area contributed by atoms with Crippen molar-refractivity contribution in [1.29, 1.82) is 0 Å². The highest BCUT2D eigenvalue weighted by atomic mass is 16.6. The maximum absolute atomic E-state index is 11.9. The Morgan fingerprint density at radius 3 is 2.94 bits per heavy atom. The molecule has 0 saturated carbocycles. The predicted molar refractivity (Wildman–Crippen MR) is 61.1 cm³/mol. The van der Waals surface area contributed by atoms with Crippen molar-refractivity contribution in [1.82, 2.24) is 0 Å². The highest BCUT2D eigenvalue weighted by Gasteiger charge is 2.48. The number of fused-ring (bicyclic) bond motifs is 1. The van der Waals surface area contributed by atoms with E-state index in [1.54, 1.807) is 0 Å². The van der Waals surface area contributed by atoms with E-state index in [9.17, 15) is 9.59 Å². The van der Waals surface area contributed by atoms with Crippen molar-refractivity contribution >= 4 is 11.9 Å². The molecule has 4 heteroatoms. The molecular weight excluding hydrogens is 220 g/mol. The van der Waals surface area contributed by atoms with Crippen molar-refractivity contribution in [2.24, 2.45) is 11.3 Å². The van der Waals surface area contributed by atoms with Gasteiger partial charge >= 0.3 is 11.9 Å². The zero-order valence-corrected chi connectivity index (χ0v) is 10.4. The number of allylic oxidation sites excluding steroid dienone is 1. The second kappa shape index (κ2) is 4.17. The molecule has 0 amide bonds. The van der Waals surface area contributed by atoms with Gasteiger partial charge in [0.05, 0.1) is 11.3 Å². The summed E-state index contributed by atoms with van der Waals surface area (Å²) in [7, 11) is 0. The summed E-state index contributed by atoms with van der Waals surface area (Å²) in [5, 5.41) is 0. The zero-order valence-electron chi connectivity index (χ0n) is 10.4. The van der Waals surface area contributed by atoms with Gasteiger partial charge < -0.3 is 9.47 Å². The van der Waals surface area contributed by atoms with E-state index in [1.165, 1.54) is 0 Å². The number of ether oxygens (including phenoxy) is 2. The quantitative estimate of drug-likeness (QED) is 0.556. The molecule has 3 atom stereocenters. The van der Waals surface area contributed by atoms with Crippen LogP contribution in [0.5, 0.6) is 0 Å². The van der Waals surface area contributed by atoms with Gasteiger partial charge in [0, 0.05) is 0 Å². The third-order valence-electron chi connectivity index (χ3n) is 3.70. The van der Waals surface area contributed by atoms with Gasteiger partial charge in [-0.15, -0.1) is 0 Å². The van der Waals surface area contributed by atoms with Gasteiger partial charge in [0.2, 0.25) is 6.10 Å². The van der Waals surface area contributed by atoms with Gasteiger partial charge in [-0.05, 0) is 32.8 Å². The first-order valence-electron chi connectivity index (χ1n) is 6.04. The highest BCUT2D eigenvalue weighted by Crippen LogP contribution is 2.35. The summed E-state index contributed by atoms with van der Waals surface area (Å²) >= 11 is 0. The molecule has 17 heavy (non-hydrogen) atoms. The van der Waals surface area contributed by atoms with Gasteiger partial charge in [0.15, 0.2) is 0 Å². The van der Waals surface area contributed by atoms with Crippen LogP contribution >= 0.6 is 0 Å². The molecule has 4 nitrogen and oxygen atoms in total. The van der Waals surface area contributed by atoms with Crippen LogP contribution in [0.3, 0.4) is 0 Å². The minimum Gasteiger partial charge on any atom is -0.455 e. The number of hydrogen-bond donors (Lipinski definition) is 0. The summed E-state index contributed by atoms with van der Waals surface area (Å²) in [5.74, 6) is -0.766. The largest absolute Gasteiger partial charge is 0.455 e. The molecule has 94 valence electrons. The first-order chi connectivity index (χ1) is 7.95. The summed E-state index contributed by atoms with van der Waals surface area (Å²) in [4.78, 5) is 23.5. The maximum atomic E-state index is 11.9. The van der Waals surface area contributed by atoms with Gasteiger partial charge in [-0.25, -0.2) is 4.79 Å². The molecule has 2 aliphatic rings. The van der Waals surface area contributed by atoms with Gasteiger partial charge in [-0.3, -0.25) is 4.79 Å². The number of esters is 2. The molecule has 0 radical (unpaired) electrons. The van der Waals surface area contributed by atoms with Crippen molar-refractivity contribution < 1.29 is 19.1 Å². The highest BCUT2D eigenvalue weighted by molar-refractivity contribution is 5.83. The molecule has 1 unspecified atom stereocenters. The summed E-state index contributed by atoms with van der Waals surface area (Å²) in [6.07, 6.45) is 4.31. The average molecular weight is 238 g/mol. The van der Waals surface area contributed by atoms with E-state index in [4.69, 9.17) is 9.47 Å². The molecule has 0 aromatic carbocycles. The number of rotatable bonds is 3.